The first-order valence-corrected chi connectivity index (χ1v) is 9.52. The van der Waals surface area contributed by atoms with Gasteiger partial charge in [-0.2, -0.15) is 5.10 Å². The first kappa shape index (κ1) is 14.9. The smallest absolute Gasteiger partial charge is 0.104 e. The summed E-state index contributed by atoms with van der Waals surface area (Å²) in [5, 5.41) is 9.54. The summed E-state index contributed by atoms with van der Waals surface area (Å²) in [5.74, 6) is 0.955. The molecule has 0 fully saturated rings. The maximum Gasteiger partial charge on any atom is 0.104 e. The number of hydrogen-bond donors (Lipinski definition) is 2. The molecule has 27 heavy (non-hydrogen) atoms. The van der Waals surface area contributed by atoms with E-state index in [0.29, 0.717) is 0 Å². The minimum Gasteiger partial charge on any atom is -0.342 e. The van der Waals surface area contributed by atoms with Gasteiger partial charge in [-0.25, -0.2) is 9.97 Å². The number of H-pyrrole nitrogens is 2. The predicted octanol–water partition coefficient (Wildman–Crippen LogP) is 4.84. The molecule has 5 aromatic rings. The van der Waals surface area contributed by atoms with Gasteiger partial charge < -0.3 is 4.98 Å². The Kier molecular flexibility index (Phi) is 2.98. The molecule has 5 nitrogen and oxygen atoms in total. The Morgan fingerprint density at radius 2 is 1.78 bits per heavy atom. The second-order valence-electron chi connectivity index (χ2n) is 7.47. The molecule has 0 amide bonds. The highest BCUT2D eigenvalue weighted by atomic mass is 15.1. The zero-order chi connectivity index (χ0) is 18.0. The first-order chi connectivity index (χ1) is 13.3. The molecule has 0 saturated heterocycles. The lowest BCUT2D eigenvalue weighted by atomic mass is 9.86. The van der Waals surface area contributed by atoms with Crippen molar-refractivity contribution in [3.63, 3.8) is 0 Å². The van der Waals surface area contributed by atoms with Crippen LogP contribution < -0.4 is 0 Å². The molecule has 2 N–H and O–H groups in total. The van der Waals surface area contributed by atoms with E-state index in [1.165, 1.54) is 34.9 Å². The van der Waals surface area contributed by atoms with E-state index in [1.807, 2.05) is 13.1 Å². The first-order valence-electron chi connectivity index (χ1n) is 9.52. The van der Waals surface area contributed by atoms with E-state index in [0.717, 1.165) is 51.8 Å². The van der Waals surface area contributed by atoms with E-state index in [4.69, 9.17) is 9.97 Å². The van der Waals surface area contributed by atoms with Crippen LogP contribution in [0.3, 0.4) is 0 Å². The molecule has 0 bridgehead atoms. The van der Waals surface area contributed by atoms with Crippen LogP contribution in [0.25, 0.3) is 44.1 Å². The van der Waals surface area contributed by atoms with Gasteiger partial charge >= 0.3 is 0 Å². The van der Waals surface area contributed by atoms with Crippen molar-refractivity contribution >= 4 is 32.8 Å². The van der Waals surface area contributed by atoms with Crippen molar-refractivity contribution in [2.45, 2.75) is 32.6 Å². The number of fused-ring (bicyclic) bond motifs is 6. The molecule has 0 spiro atoms. The van der Waals surface area contributed by atoms with Crippen LogP contribution in [-0.2, 0) is 12.8 Å². The second-order valence-corrected chi connectivity index (χ2v) is 7.47. The van der Waals surface area contributed by atoms with Crippen molar-refractivity contribution in [3.05, 3.63) is 53.5 Å². The van der Waals surface area contributed by atoms with Gasteiger partial charge in [0.05, 0.1) is 34.0 Å². The predicted molar refractivity (Wildman–Crippen MR) is 108 cm³/mol. The number of aromatic nitrogens is 5. The van der Waals surface area contributed by atoms with E-state index >= 15 is 0 Å². The van der Waals surface area contributed by atoms with Gasteiger partial charge in [-0.15, -0.1) is 0 Å². The molecule has 3 heterocycles. The summed E-state index contributed by atoms with van der Waals surface area (Å²) in [7, 11) is 0. The minimum absolute atomic E-state index is 0.955. The van der Waals surface area contributed by atoms with Gasteiger partial charge in [-0.05, 0) is 68.0 Å². The highest BCUT2D eigenvalue weighted by Gasteiger charge is 2.21. The fraction of sp³-hybridized carbons (Fsp3) is 0.227. The highest BCUT2D eigenvalue weighted by Crippen LogP contribution is 2.38. The highest BCUT2D eigenvalue weighted by molar-refractivity contribution is 6.06. The lowest BCUT2D eigenvalue weighted by Crippen LogP contribution is -2.08. The number of benzene rings is 2. The average molecular weight is 353 g/mol. The Hall–Kier alpha value is -3.21. The van der Waals surface area contributed by atoms with E-state index in [9.17, 15) is 0 Å². The molecule has 0 aliphatic heterocycles. The van der Waals surface area contributed by atoms with Crippen LogP contribution in [0.15, 0.2) is 36.5 Å². The van der Waals surface area contributed by atoms with Crippen LogP contribution >= 0.6 is 0 Å². The van der Waals surface area contributed by atoms with Crippen LogP contribution in [0, 0.1) is 6.92 Å². The quantitative estimate of drug-likeness (QED) is 0.453. The Bertz CT molecular complexity index is 1340. The van der Waals surface area contributed by atoms with Crippen molar-refractivity contribution in [3.8, 4) is 11.3 Å². The number of imidazole rings is 1. The number of aromatic amines is 2. The lowest BCUT2D eigenvalue weighted by molar-refractivity contribution is 0.689. The molecule has 132 valence electrons. The topological polar surface area (TPSA) is 70.2 Å². The fourth-order valence-electron chi connectivity index (χ4n) is 4.54. The third-order valence-electron chi connectivity index (χ3n) is 5.75. The van der Waals surface area contributed by atoms with Gasteiger partial charge in [0.2, 0.25) is 0 Å². The number of aryl methyl sites for hydroxylation is 2. The standard InChI is InChI=1S/C22H19N5/c1-12-24-19-9-8-18-20(22(19)25-12)15-4-2-3-5-16(15)21(26-18)13-6-7-17-14(10-13)11-23-27-17/h6-11H,2-5H2,1H3,(H,23,27)(H,24,25). The second kappa shape index (κ2) is 5.39. The van der Waals surface area contributed by atoms with Crippen molar-refractivity contribution in [2.24, 2.45) is 0 Å². The van der Waals surface area contributed by atoms with Crippen molar-refractivity contribution in [2.75, 3.05) is 0 Å². The van der Waals surface area contributed by atoms with Gasteiger partial charge in [-0.3, -0.25) is 5.10 Å². The Morgan fingerprint density at radius 3 is 2.70 bits per heavy atom. The number of hydrogen-bond acceptors (Lipinski definition) is 3. The van der Waals surface area contributed by atoms with E-state index in [-0.39, 0.29) is 0 Å². The van der Waals surface area contributed by atoms with Crippen LogP contribution in [0.1, 0.15) is 29.8 Å². The molecular formula is C22H19N5. The number of rotatable bonds is 1. The molecule has 2 aromatic carbocycles. The number of pyridine rings is 1. The Morgan fingerprint density at radius 1 is 0.926 bits per heavy atom. The molecule has 0 unspecified atom stereocenters. The summed E-state index contributed by atoms with van der Waals surface area (Å²) in [6, 6.07) is 10.7. The summed E-state index contributed by atoms with van der Waals surface area (Å²) in [4.78, 5) is 13.3. The zero-order valence-corrected chi connectivity index (χ0v) is 15.1. The maximum absolute atomic E-state index is 5.12. The third-order valence-corrected chi connectivity index (χ3v) is 5.75. The van der Waals surface area contributed by atoms with Gasteiger partial charge in [0.15, 0.2) is 0 Å². The summed E-state index contributed by atoms with van der Waals surface area (Å²) in [6.07, 6.45) is 6.50. The maximum atomic E-state index is 5.12. The normalized spacial score (nSPS) is 14.3. The molecule has 0 radical (unpaired) electrons. The Balaban J connectivity index is 1.71. The van der Waals surface area contributed by atoms with Crippen molar-refractivity contribution in [1.29, 1.82) is 0 Å². The van der Waals surface area contributed by atoms with E-state index < -0.39 is 0 Å². The molecule has 0 atom stereocenters. The molecule has 5 heteroatoms. The van der Waals surface area contributed by atoms with Crippen LogP contribution in [0.5, 0.6) is 0 Å². The van der Waals surface area contributed by atoms with Crippen LogP contribution in [-0.4, -0.2) is 25.1 Å². The van der Waals surface area contributed by atoms with Crippen molar-refractivity contribution in [1.82, 2.24) is 25.1 Å². The molecule has 1 aliphatic rings. The van der Waals surface area contributed by atoms with Crippen LogP contribution in [0.2, 0.25) is 0 Å². The molecule has 3 aromatic heterocycles. The van der Waals surface area contributed by atoms with Gasteiger partial charge in [0, 0.05) is 16.3 Å². The SMILES string of the molecule is Cc1nc2c(ccc3nc(-c4ccc5[nH]ncc5c4)c4c(c32)CCCC4)[nH]1. The minimum atomic E-state index is 0.955. The van der Waals surface area contributed by atoms with Gasteiger partial charge in [-0.1, -0.05) is 6.07 Å². The van der Waals surface area contributed by atoms with Gasteiger partial charge in [0.25, 0.3) is 0 Å². The van der Waals surface area contributed by atoms with Crippen molar-refractivity contribution < 1.29 is 0 Å². The largest absolute Gasteiger partial charge is 0.342 e. The molecule has 0 saturated carbocycles. The van der Waals surface area contributed by atoms with E-state index in [2.05, 4.69) is 45.5 Å². The number of nitrogens with one attached hydrogen (secondary N) is 2. The zero-order valence-electron chi connectivity index (χ0n) is 15.1. The van der Waals surface area contributed by atoms with E-state index in [1.54, 1.807) is 0 Å². The summed E-state index contributed by atoms with van der Waals surface area (Å²) in [5.41, 5.74) is 9.37. The molecule has 1 aliphatic carbocycles. The number of nitrogens with zero attached hydrogens (tertiary/aromatic N) is 3. The fourth-order valence-corrected chi connectivity index (χ4v) is 4.54. The van der Waals surface area contributed by atoms with Crippen LogP contribution in [0.4, 0.5) is 0 Å². The summed E-state index contributed by atoms with van der Waals surface area (Å²) < 4.78 is 0. The van der Waals surface area contributed by atoms with Gasteiger partial charge in [0.1, 0.15) is 5.82 Å². The lowest BCUT2D eigenvalue weighted by Gasteiger charge is -2.21. The molecular weight excluding hydrogens is 334 g/mol. The third kappa shape index (κ3) is 2.14. The monoisotopic (exact) mass is 353 g/mol. The molecule has 6 rings (SSSR count). The average Bonchev–Trinajstić information content (AvgIpc) is 3.31. The summed E-state index contributed by atoms with van der Waals surface area (Å²) >= 11 is 0. The Labute approximate surface area is 155 Å². The summed E-state index contributed by atoms with van der Waals surface area (Å²) in [6.45, 7) is 2.01.